The fraction of sp³-hybridized carbons (Fsp3) is 0.379. The predicted octanol–water partition coefficient (Wildman–Crippen LogP) is 5.00. The zero-order valence-electron chi connectivity index (χ0n) is 21.4. The summed E-state index contributed by atoms with van der Waals surface area (Å²) in [6.45, 7) is 6.68. The van der Waals surface area contributed by atoms with Crippen LogP contribution in [0.2, 0.25) is 0 Å². The zero-order valence-corrected chi connectivity index (χ0v) is 22.3. The van der Waals surface area contributed by atoms with Crippen molar-refractivity contribution in [1.82, 2.24) is 24.6 Å². The Kier molecular flexibility index (Phi) is 6.04. The molecular formula is C29H31N5O2S. The van der Waals surface area contributed by atoms with E-state index in [4.69, 9.17) is 0 Å². The number of aromatic hydroxyl groups is 1. The van der Waals surface area contributed by atoms with Crippen LogP contribution in [0.5, 0.6) is 5.75 Å². The molecule has 7 nitrogen and oxygen atoms in total. The van der Waals surface area contributed by atoms with Gasteiger partial charge in [-0.3, -0.25) is 9.78 Å². The van der Waals surface area contributed by atoms with Crippen molar-refractivity contribution in [1.29, 1.82) is 0 Å². The van der Waals surface area contributed by atoms with Gasteiger partial charge in [-0.2, -0.15) is 0 Å². The van der Waals surface area contributed by atoms with Crippen LogP contribution >= 0.6 is 11.8 Å². The number of aryl methyl sites for hydroxylation is 1. The molecule has 2 aromatic heterocycles. The second-order valence-corrected chi connectivity index (χ2v) is 11.5. The van der Waals surface area contributed by atoms with Gasteiger partial charge in [0.25, 0.3) is 0 Å². The Morgan fingerprint density at radius 1 is 1.19 bits per heavy atom. The summed E-state index contributed by atoms with van der Waals surface area (Å²) in [6, 6.07) is 15.9. The molecule has 2 aliphatic rings. The van der Waals surface area contributed by atoms with Crippen molar-refractivity contribution in [3.8, 4) is 17.1 Å². The van der Waals surface area contributed by atoms with E-state index < -0.39 is 0 Å². The molecule has 6 rings (SSSR count). The third-order valence-corrected chi connectivity index (χ3v) is 9.07. The Bertz CT molecular complexity index is 1520. The standard InChI is InChI=1S/C29H31N5O2S/c1-18-8-10-22-23(6-4-7-25(22)30-18)27-31-32-28(33(27)3)37-13-5-12-34-16-21-15-29(21,17-34)20-9-11-26(36)24(14-20)19(2)35/h4,6-11,14,21,36H,5,12-13,15-17H2,1-3H3/t21-,29?/m0/s1. The average Bonchev–Trinajstić information content (AvgIpc) is 3.25. The highest BCUT2D eigenvalue weighted by atomic mass is 32.2. The maximum atomic E-state index is 11.9. The summed E-state index contributed by atoms with van der Waals surface area (Å²) in [5.41, 5.74) is 4.81. The van der Waals surface area contributed by atoms with Crippen molar-refractivity contribution in [2.45, 2.75) is 37.3 Å². The van der Waals surface area contributed by atoms with E-state index in [1.54, 1.807) is 17.8 Å². The van der Waals surface area contributed by atoms with E-state index in [0.717, 1.165) is 64.9 Å². The Morgan fingerprint density at radius 3 is 2.89 bits per heavy atom. The summed E-state index contributed by atoms with van der Waals surface area (Å²) < 4.78 is 2.08. The number of Topliss-reactive ketones (excluding diaryl/α,β-unsaturated/α-hetero) is 1. The largest absolute Gasteiger partial charge is 0.507 e. The number of piperidine rings is 1. The molecular weight excluding hydrogens is 482 g/mol. The van der Waals surface area contributed by atoms with Gasteiger partial charge in [0.2, 0.25) is 0 Å². The number of likely N-dealkylation sites (tertiary alicyclic amines) is 1. The van der Waals surface area contributed by atoms with E-state index in [1.165, 1.54) is 18.9 Å². The number of benzene rings is 2. The Morgan fingerprint density at radius 2 is 2.05 bits per heavy atom. The van der Waals surface area contributed by atoms with Crippen molar-refractivity contribution in [3.05, 3.63) is 65.4 Å². The fourth-order valence-electron chi connectivity index (χ4n) is 5.91. The zero-order chi connectivity index (χ0) is 25.7. The van der Waals surface area contributed by atoms with Crippen molar-refractivity contribution in [2.24, 2.45) is 13.0 Å². The number of fused-ring (bicyclic) bond motifs is 2. The molecule has 0 bridgehead atoms. The molecule has 3 heterocycles. The van der Waals surface area contributed by atoms with Crippen LogP contribution in [0.3, 0.4) is 0 Å². The van der Waals surface area contributed by atoms with Crippen molar-refractivity contribution in [2.75, 3.05) is 25.4 Å². The third-order valence-electron chi connectivity index (χ3n) is 7.96. The minimum absolute atomic E-state index is 0.0795. The fourth-order valence-corrected chi connectivity index (χ4v) is 6.75. The number of phenolic OH excluding ortho intramolecular Hbond substituents is 1. The molecule has 4 aromatic rings. The number of phenols is 1. The molecule has 37 heavy (non-hydrogen) atoms. The molecule has 2 atom stereocenters. The first kappa shape index (κ1) is 24.1. The summed E-state index contributed by atoms with van der Waals surface area (Å²) in [7, 11) is 2.03. The smallest absolute Gasteiger partial charge is 0.191 e. The van der Waals surface area contributed by atoms with Gasteiger partial charge in [0.05, 0.1) is 11.1 Å². The molecule has 190 valence electrons. The second kappa shape index (κ2) is 9.26. The lowest BCUT2D eigenvalue weighted by molar-refractivity contribution is 0.101. The molecule has 8 heteroatoms. The number of rotatable bonds is 8. The van der Waals surface area contributed by atoms with Crippen molar-refractivity contribution >= 4 is 28.4 Å². The number of nitrogens with zero attached hydrogens (tertiary/aromatic N) is 5. The Labute approximate surface area is 220 Å². The van der Waals surface area contributed by atoms with E-state index in [-0.39, 0.29) is 16.9 Å². The highest BCUT2D eigenvalue weighted by molar-refractivity contribution is 7.99. The van der Waals surface area contributed by atoms with Gasteiger partial charge in [0.15, 0.2) is 16.8 Å². The number of carbonyl (C=O) groups is 1. The van der Waals surface area contributed by atoms with Gasteiger partial charge < -0.3 is 14.6 Å². The number of thioether (sulfide) groups is 1. The maximum absolute atomic E-state index is 11.9. The topological polar surface area (TPSA) is 84.1 Å². The number of aromatic nitrogens is 4. The molecule has 2 aromatic carbocycles. The van der Waals surface area contributed by atoms with Crippen LogP contribution in [0.25, 0.3) is 22.3 Å². The van der Waals surface area contributed by atoms with E-state index in [1.807, 2.05) is 44.3 Å². The first-order valence-corrected chi connectivity index (χ1v) is 13.8. The predicted molar refractivity (Wildman–Crippen MR) is 146 cm³/mol. The lowest BCUT2D eigenvalue weighted by Crippen LogP contribution is -2.28. The minimum atomic E-state index is -0.0843. The normalized spacial score (nSPS) is 20.9. The summed E-state index contributed by atoms with van der Waals surface area (Å²) >= 11 is 1.75. The SMILES string of the molecule is CC(=O)c1cc(C23C[C@H]2CN(CCCSc2nnc(-c4cccc5nc(C)ccc45)n2C)C3)ccc1O. The van der Waals surface area contributed by atoms with Crippen molar-refractivity contribution in [3.63, 3.8) is 0 Å². The summed E-state index contributed by atoms with van der Waals surface area (Å²) in [5.74, 6) is 2.48. The van der Waals surface area contributed by atoms with Crippen LogP contribution in [-0.4, -0.2) is 60.9 Å². The van der Waals surface area contributed by atoms with Crippen LogP contribution in [0, 0.1) is 12.8 Å². The van der Waals surface area contributed by atoms with Gasteiger partial charge in [0, 0.05) is 47.9 Å². The summed E-state index contributed by atoms with van der Waals surface area (Å²) in [6.07, 6.45) is 2.24. The number of hydrogen-bond acceptors (Lipinski definition) is 7. The van der Waals surface area contributed by atoms with Crippen LogP contribution in [-0.2, 0) is 12.5 Å². The first-order chi connectivity index (χ1) is 17.9. The molecule has 0 spiro atoms. The molecule has 1 saturated heterocycles. The molecule has 1 aliphatic carbocycles. The maximum Gasteiger partial charge on any atom is 0.191 e. The molecule has 0 radical (unpaired) electrons. The minimum Gasteiger partial charge on any atom is -0.507 e. The lowest BCUT2D eigenvalue weighted by Gasteiger charge is -2.21. The van der Waals surface area contributed by atoms with Gasteiger partial charge >= 0.3 is 0 Å². The number of carbonyl (C=O) groups excluding carboxylic acids is 1. The molecule has 1 N–H and O–H groups in total. The summed E-state index contributed by atoms with van der Waals surface area (Å²) in [4.78, 5) is 19.1. The number of ketones is 1. The van der Waals surface area contributed by atoms with E-state index >= 15 is 0 Å². The first-order valence-electron chi connectivity index (χ1n) is 12.8. The number of pyridine rings is 1. The van der Waals surface area contributed by atoms with E-state index in [0.29, 0.717) is 11.5 Å². The van der Waals surface area contributed by atoms with E-state index in [2.05, 4.69) is 36.8 Å². The second-order valence-electron chi connectivity index (χ2n) is 10.5. The lowest BCUT2D eigenvalue weighted by atomic mass is 9.92. The molecule has 1 aliphatic heterocycles. The van der Waals surface area contributed by atoms with Crippen molar-refractivity contribution < 1.29 is 9.90 Å². The van der Waals surface area contributed by atoms with Crippen LogP contribution in [0.4, 0.5) is 0 Å². The Balaban J connectivity index is 1.07. The van der Waals surface area contributed by atoms with Gasteiger partial charge in [-0.05, 0) is 69.0 Å². The van der Waals surface area contributed by atoms with Crippen LogP contribution in [0.15, 0.2) is 53.7 Å². The quantitative estimate of drug-likeness (QED) is 0.202. The number of hydrogen-bond donors (Lipinski definition) is 1. The van der Waals surface area contributed by atoms with Gasteiger partial charge in [-0.1, -0.05) is 36.0 Å². The molecule has 1 unspecified atom stereocenters. The van der Waals surface area contributed by atoms with Gasteiger partial charge in [0.1, 0.15) is 5.75 Å². The van der Waals surface area contributed by atoms with E-state index in [9.17, 15) is 9.90 Å². The highest BCUT2D eigenvalue weighted by Crippen LogP contribution is 2.59. The highest BCUT2D eigenvalue weighted by Gasteiger charge is 2.60. The molecule has 0 amide bonds. The Hall–Kier alpha value is -3.23. The summed E-state index contributed by atoms with van der Waals surface area (Å²) in [5, 5.41) is 21.0. The molecule has 1 saturated carbocycles. The van der Waals surface area contributed by atoms with Gasteiger partial charge in [-0.25, -0.2) is 0 Å². The van der Waals surface area contributed by atoms with Crippen LogP contribution < -0.4 is 0 Å². The third kappa shape index (κ3) is 4.32. The average molecular weight is 514 g/mol. The van der Waals surface area contributed by atoms with Crippen LogP contribution in [0.1, 0.15) is 41.4 Å². The monoisotopic (exact) mass is 513 g/mol. The van der Waals surface area contributed by atoms with Gasteiger partial charge in [-0.15, -0.1) is 10.2 Å². The molecule has 2 fully saturated rings.